The highest BCUT2D eigenvalue weighted by Crippen LogP contribution is 2.15. The van der Waals surface area contributed by atoms with E-state index in [2.05, 4.69) is 5.32 Å². The third-order valence-electron chi connectivity index (χ3n) is 2.54. The number of halogens is 2. The quantitative estimate of drug-likeness (QED) is 0.827. The predicted molar refractivity (Wildman–Crippen MR) is 52.4 cm³/mol. The molecule has 1 aliphatic heterocycles. The molecule has 0 bridgehead atoms. The Labute approximate surface area is 87.2 Å². The monoisotopic (exact) mass is 213 g/mol. The van der Waals surface area contributed by atoms with E-state index in [9.17, 15) is 8.78 Å². The maximum absolute atomic E-state index is 13.2. The highest BCUT2D eigenvalue weighted by atomic mass is 19.1. The van der Waals surface area contributed by atoms with Crippen molar-refractivity contribution in [3.05, 3.63) is 35.4 Å². The summed E-state index contributed by atoms with van der Waals surface area (Å²) in [7, 11) is 0. The lowest BCUT2D eigenvalue weighted by atomic mass is 10.2. The van der Waals surface area contributed by atoms with E-state index in [1.54, 1.807) is 0 Å². The van der Waals surface area contributed by atoms with Gasteiger partial charge in [-0.05, 0) is 25.1 Å². The van der Waals surface area contributed by atoms with Crippen LogP contribution in [0.3, 0.4) is 0 Å². The molecule has 1 fully saturated rings. The standard InChI is InChI=1S/C11H13F2NO/c12-10-2-1-3-11(13)9(10)7-15-8-4-5-14-6-8/h1-3,8,14H,4-7H2. The van der Waals surface area contributed by atoms with Crippen LogP contribution in [0.25, 0.3) is 0 Å². The maximum Gasteiger partial charge on any atom is 0.131 e. The fourth-order valence-electron chi connectivity index (χ4n) is 1.64. The average molecular weight is 213 g/mol. The van der Waals surface area contributed by atoms with E-state index < -0.39 is 11.6 Å². The Morgan fingerprint density at radius 2 is 2.07 bits per heavy atom. The van der Waals surface area contributed by atoms with Crippen LogP contribution < -0.4 is 5.32 Å². The molecule has 0 aliphatic carbocycles. The second kappa shape index (κ2) is 4.68. The van der Waals surface area contributed by atoms with Crippen LogP contribution in [0.1, 0.15) is 12.0 Å². The first-order valence-corrected chi connectivity index (χ1v) is 5.02. The lowest BCUT2D eigenvalue weighted by Gasteiger charge is -2.11. The van der Waals surface area contributed by atoms with Gasteiger partial charge in [0, 0.05) is 12.1 Å². The molecule has 2 nitrogen and oxygen atoms in total. The van der Waals surface area contributed by atoms with Crippen LogP contribution in [-0.4, -0.2) is 19.2 Å². The van der Waals surface area contributed by atoms with E-state index in [-0.39, 0.29) is 18.3 Å². The van der Waals surface area contributed by atoms with Gasteiger partial charge in [0.15, 0.2) is 0 Å². The van der Waals surface area contributed by atoms with Gasteiger partial charge in [0.25, 0.3) is 0 Å². The molecule has 4 heteroatoms. The van der Waals surface area contributed by atoms with Crippen LogP contribution in [0.15, 0.2) is 18.2 Å². The summed E-state index contributed by atoms with van der Waals surface area (Å²) in [4.78, 5) is 0. The zero-order chi connectivity index (χ0) is 10.7. The van der Waals surface area contributed by atoms with Gasteiger partial charge in [-0.15, -0.1) is 0 Å². The molecule has 15 heavy (non-hydrogen) atoms. The summed E-state index contributed by atoms with van der Waals surface area (Å²) >= 11 is 0. The van der Waals surface area contributed by atoms with E-state index in [1.807, 2.05) is 0 Å². The van der Waals surface area contributed by atoms with Crippen LogP contribution in [0.2, 0.25) is 0 Å². The number of benzene rings is 1. The molecule has 0 aromatic heterocycles. The van der Waals surface area contributed by atoms with E-state index >= 15 is 0 Å². The first-order valence-electron chi connectivity index (χ1n) is 5.02. The smallest absolute Gasteiger partial charge is 0.131 e. The molecule has 0 spiro atoms. The minimum absolute atomic E-state index is 0.00481. The molecule has 1 unspecified atom stereocenters. The zero-order valence-corrected chi connectivity index (χ0v) is 8.30. The van der Waals surface area contributed by atoms with Crippen LogP contribution in [0.5, 0.6) is 0 Å². The minimum Gasteiger partial charge on any atom is -0.372 e. The maximum atomic E-state index is 13.2. The number of hydrogen-bond acceptors (Lipinski definition) is 2. The second-order valence-electron chi connectivity index (χ2n) is 3.63. The Bertz CT molecular complexity index is 317. The number of hydrogen-bond donors (Lipinski definition) is 1. The summed E-state index contributed by atoms with van der Waals surface area (Å²) in [5.41, 5.74) is 0.0180. The first kappa shape index (κ1) is 10.5. The molecule has 1 saturated heterocycles. The SMILES string of the molecule is Fc1cccc(F)c1COC1CCNC1. The Morgan fingerprint density at radius 1 is 1.33 bits per heavy atom. The van der Waals surface area contributed by atoms with Gasteiger partial charge >= 0.3 is 0 Å². The van der Waals surface area contributed by atoms with Crippen molar-refractivity contribution >= 4 is 0 Å². The lowest BCUT2D eigenvalue weighted by Crippen LogP contribution is -2.17. The molecule has 82 valence electrons. The molecule has 1 aromatic carbocycles. The predicted octanol–water partition coefficient (Wildman–Crippen LogP) is 1.84. The summed E-state index contributed by atoms with van der Waals surface area (Å²) in [5.74, 6) is -1.08. The summed E-state index contributed by atoms with van der Waals surface area (Å²) in [6.07, 6.45) is 0.972. The number of rotatable bonds is 3. The Balaban J connectivity index is 1.97. The third kappa shape index (κ3) is 2.52. The Hall–Kier alpha value is -1.00. The normalized spacial score (nSPS) is 20.8. The van der Waals surface area contributed by atoms with Gasteiger partial charge in [0.2, 0.25) is 0 Å². The van der Waals surface area contributed by atoms with Crippen LogP contribution >= 0.6 is 0 Å². The Kier molecular flexibility index (Phi) is 3.28. The zero-order valence-electron chi connectivity index (χ0n) is 8.30. The van der Waals surface area contributed by atoms with Crippen molar-refractivity contribution in [2.24, 2.45) is 0 Å². The van der Waals surface area contributed by atoms with Crippen molar-refractivity contribution in [2.75, 3.05) is 13.1 Å². The fourth-order valence-corrected chi connectivity index (χ4v) is 1.64. The average Bonchev–Trinajstić information content (AvgIpc) is 2.70. The summed E-state index contributed by atoms with van der Waals surface area (Å²) < 4.78 is 31.8. The van der Waals surface area contributed by atoms with Crippen molar-refractivity contribution in [3.8, 4) is 0 Å². The lowest BCUT2D eigenvalue weighted by molar-refractivity contribution is 0.0507. The fraction of sp³-hybridized carbons (Fsp3) is 0.455. The van der Waals surface area contributed by atoms with Gasteiger partial charge in [-0.3, -0.25) is 0 Å². The van der Waals surface area contributed by atoms with Crippen molar-refractivity contribution in [2.45, 2.75) is 19.1 Å². The van der Waals surface area contributed by atoms with Crippen molar-refractivity contribution in [3.63, 3.8) is 0 Å². The molecule has 1 heterocycles. The van der Waals surface area contributed by atoms with E-state index in [0.29, 0.717) is 0 Å². The molecule has 0 amide bonds. The molecular weight excluding hydrogens is 200 g/mol. The van der Waals surface area contributed by atoms with Gasteiger partial charge in [-0.2, -0.15) is 0 Å². The van der Waals surface area contributed by atoms with Crippen molar-refractivity contribution in [1.82, 2.24) is 5.32 Å². The molecule has 0 radical (unpaired) electrons. The van der Waals surface area contributed by atoms with Crippen LogP contribution in [0.4, 0.5) is 8.78 Å². The van der Waals surface area contributed by atoms with Gasteiger partial charge in [0.05, 0.1) is 12.7 Å². The third-order valence-corrected chi connectivity index (χ3v) is 2.54. The van der Waals surface area contributed by atoms with Gasteiger partial charge in [-0.25, -0.2) is 8.78 Å². The summed E-state index contributed by atoms with van der Waals surface area (Å²) in [6.45, 7) is 1.67. The molecular formula is C11H13F2NO. The molecule has 0 saturated carbocycles. The van der Waals surface area contributed by atoms with Crippen molar-refractivity contribution in [1.29, 1.82) is 0 Å². The Morgan fingerprint density at radius 3 is 2.67 bits per heavy atom. The van der Waals surface area contributed by atoms with Crippen molar-refractivity contribution < 1.29 is 13.5 Å². The highest BCUT2D eigenvalue weighted by molar-refractivity contribution is 5.18. The van der Waals surface area contributed by atoms with Crippen LogP contribution in [-0.2, 0) is 11.3 Å². The molecule has 1 atom stereocenters. The molecule has 2 rings (SSSR count). The van der Waals surface area contributed by atoms with Gasteiger partial charge < -0.3 is 10.1 Å². The van der Waals surface area contributed by atoms with Gasteiger partial charge in [0.1, 0.15) is 11.6 Å². The second-order valence-corrected chi connectivity index (χ2v) is 3.63. The first-order chi connectivity index (χ1) is 7.27. The number of ether oxygens (including phenoxy) is 1. The van der Waals surface area contributed by atoms with E-state index in [0.717, 1.165) is 19.5 Å². The molecule has 1 N–H and O–H groups in total. The van der Waals surface area contributed by atoms with Crippen LogP contribution in [0, 0.1) is 11.6 Å². The van der Waals surface area contributed by atoms with Gasteiger partial charge in [-0.1, -0.05) is 6.07 Å². The molecule has 1 aromatic rings. The summed E-state index contributed by atoms with van der Waals surface area (Å²) in [6, 6.07) is 3.84. The highest BCUT2D eigenvalue weighted by Gasteiger charge is 2.16. The molecule has 1 aliphatic rings. The summed E-state index contributed by atoms with van der Waals surface area (Å²) in [5, 5.41) is 3.13. The topological polar surface area (TPSA) is 21.3 Å². The van der Waals surface area contributed by atoms with E-state index in [1.165, 1.54) is 18.2 Å². The largest absolute Gasteiger partial charge is 0.372 e. The minimum atomic E-state index is -0.541. The van der Waals surface area contributed by atoms with E-state index in [4.69, 9.17) is 4.74 Å². The number of nitrogens with one attached hydrogen (secondary N) is 1.